The molecule has 0 amide bonds. The molecule has 10 nitrogen and oxygen atoms in total. The molecule has 1 aliphatic carbocycles. The zero-order chi connectivity index (χ0) is 24.9. The Morgan fingerprint density at radius 2 is 1.89 bits per heavy atom. The highest BCUT2D eigenvalue weighted by atomic mass is 35.5. The average molecular weight is 517 g/mol. The Balaban J connectivity index is 1.65. The zero-order valence-corrected chi connectivity index (χ0v) is 21.0. The number of aliphatic imine (C=N–C) groups is 1. The highest BCUT2D eigenvalue weighted by Gasteiger charge is 2.36. The molecular formula is C23H26Cl2N8O2. The van der Waals surface area contributed by atoms with E-state index in [1.165, 1.54) is 27.1 Å². The van der Waals surface area contributed by atoms with E-state index < -0.39 is 5.79 Å². The highest BCUT2D eigenvalue weighted by Crippen LogP contribution is 2.47. The molecule has 1 unspecified atom stereocenters. The smallest absolute Gasteiger partial charge is 0.230 e. The number of aromatic nitrogens is 3. The number of methoxy groups -OCH3 is 2. The van der Waals surface area contributed by atoms with Gasteiger partial charge in [-0.2, -0.15) is 5.10 Å². The minimum Gasteiger partial charge on any atom is -0.495 e. The topological polar surface area (TPSA) is 138 Å². The SMILES string of the molecule is COc1cc(OC)c(Cl)c(-c2cc3c(c(NCC4CC4)n2)NC(N)(c2nn(C)cc2N)N=C3)c1Cl. The lowest BCUT2D eigenvalue weighted by atomic mass is 10.0. The summed E-state index contributed by atoms with van der Waals surface area (Å²) in [4.78, 5) is 9.45. The van der Waals surface area contributed by atoms with Crippen molar-refractivity contribution in [2.75, 3.05) is 37.1 Å². The van der Waals surface area contributed by atoms with E-state index in [0.717, 1.165) is 12.1 Å². The van der Waals surface area contributed by atoms with Crippen LogP contribution in [0, 0.1) is 5.92 Å². The van der Waals surface area contributed by atoms with Gasteiger partial charge in [0, 0.05) is 43.2 Å². The zero-order valence-electron chi connectivity index (χ0n) is 19.5. The number of nitrogens with two attached hydrogens (primary N) is 2. The van der Waals surface area contributed by atoms with Gasteiger partial charge in [0.25, 0.3) is 0 Å². The average Bonchev–Trinajstić information content (AvgIpc) is 3.59. The van der Waals surface area contributed by atoms with Crippen LogP contribution in [0.3, 0.4) is 0 Å². The summed E-state index contributed by atoms with van der Waals surface area (Å²) < 4.78 is 12.5. The van der Waals surface area contributed by atoms with Crippen molar-refractivity contribution < 1.29 is 9.47 Å². The van der Waals surface area contributed by atoms with Crippen molar-refractivity contribution in [3.8, 4) is 22.8 Å². The van der Waals surface area contributed by atoms with E-state index in [2.05, 4.69) is 20.7 Å². The molecule has 0 spiro atoms. The van der Waals surface area contributed by atoms with Crippen molar-refractivity contribution >= 4 is 46.6 Å². The number of halogens is 2. The van der Waals surface area contributed by atoms with E-state index in [1.807, 2.05) is 6.07 Å². The summed E-state index contributed by atoms with van der Waals surface area (Å²) in [5, 5.41) is 11.8. The van der Waals surface area contributed by atoms with Crippen LogP contribution >= 0.6 is 23.2 Å². The summed E-state index contributed by atoms with van der Waals surface area (Å²) in [5.41, 5.74) is 16.1. The first-order chi connectivity index (χ1) is 16.7. The normalized spacial score (nSPS) is 18.7. The summed E-state index contributed by atoms with van der Waals surface area (Å²) >= 11 is 13.4. The predicted molar refractivity (Wildman–Crippen MR) is 139 cm³/mol. The third-order valence-electron chi connectivity index (χ3n) is 6.08. The Bertz CT molecular complexity index is 1310. The standard InChI is InChI=1S/C23H26Cl2N8O2/c1-33-10-13(26)21(32-33)23(27)29-9-12-6-14(30-22(20(12)31-23)28-8-11-4-5-11)17-18(24)15(34-2)7-16(35-3)19(17)25/h6-7,9-11,31H,4-5,8,26-27H2,1-3H3,(H,28,30). The van der Waals surface area contributed by atoms with E-state index >= 15 is 0 Å². The Morgan fingerprint density at radius 1 is 1.20 bits per heavy atom. The molecule has 0 saturated heterocycles. The summed E-state index contributed by atoms with van der Waals surface area (Å²) in [5.74, 6) is 0.688. The van der Waals surface area contributed by atoms with Crippen LogP contribution in [0.2, 0.25) is 10.0 Å². The minimum atomic E-state index is -1.36. The van der Waals surface area contributed by atoms with Crippen molar-refractivity contribution in [2.45, 2.75) is 18.6 Å². The van der Waals surface area contributed by atoms with Crippen molar-refractivity contribution in [3.05, 3.63) is 39.6 Å². The molecule has 2 aliphatic rings. The number of fused-ring (bicyclic) bond motifs is 1. The largest absolute Gasteiger partial charge is 0.495 e. The second-order valence-corrected chi connectivity index (χ2v) is 9.44. The molecule has 1 aromatic carbocycles. The monoisotopic (exact) mass is 516 g/mol. The molecule has 2 aromatic heterocycles. The number of hydrogen-bond acceptors (Lipinski definition) is 9. The number of aryl methyl sites for hydroxylation is 1. The molecule has 3 aromatic rings. The molecule has 1 saturated carbocycles. The maximum absolute atomic E-state index is 6.68. The number of hydrogen-bond donors (Lipinski definition) is 4. The van der Waals surface area contributed by atoms with Gasteiger partial charge in [0.1, 0.15) is 17.2 Å². The number of ether oxygens (including phenoxy) is 2. The van der Waals surface area contributed by atoms with Gasteiger partial charge in [0.2, 0.25) is 5.79 Å². The number of pyridine rings is 1. The molecular weight excluding hydrogens is 491 g/mol. The van der Waals surface area contributed by atoms with Gasteiger partial charge >= 0.3 is 0 Å². The molecule has 184 valence electrons. The Kier molecular flexibility index (Phi) is 5.90. The van der Waals surface area contributed by atoms with Crippen molar-refractivity contribution in [1.82, 2.24) is 14.8 Å². The number of nitrogens with one attached hydrogen (secondary N) is 2. The fourth-order valence-electron chi connectivity index (χ4n) is 4.05. The fraction of sp³-hybridized carbons (Fsp3) is 0.348. The summed E-state index contributed by atoms with van der Waals surface area (Å²) in [7, 11) is 4.83. The second-order valence-electron chi connectivity index (χ2n) is 8.68. The van der Waals surface area contributed by atoms with Gasteiger partial charge in [-0.05, 0) is 24.8 Å². The number of rotatable bonds is 7. The van der Waals surface area contributed by atoms with E-state index in [9.17, 15) is 0 Å². The maximum Gasteiger partial charge on any atom is 0.230 e. The lowest BCUT2D eigenvalue weighted by Gasteiger charge is -2.31. The van der Waals surface area contributed by atoms with Gasteiger partial charge in [0.05, 0.1) is 41.3 Å². The van der Waals surface area contributed by atoms with Crippen LogP contribution in [-0.4, -0.2) is 41.7 Å². The highest BCUT2D eigenvalue weighted by molar-refractivity contribution is 6.41. The summed E-state index contributed by atoms with van der Waals surface area (Å²) in [6, 6.07) is 3.48. The first kappa shape index (κ1) is 23.5. The molecule has 0 radical (unpaired) electrons. The van der Waals surface area contributed by atoms with Crippen LogP contribution in [-0.2, 0) is 12.8 Å². The number of benzene rings is 1. The molecule has 1 atom stereocenters. The molecule has 1 fully saturated rings. The predicted octanol–water partition coefficient (Wildman–Crippen LogP) is 3.82. The molecule has 6 N–H and O–H groups in total. The third-order valence-corrected chi connectivity index (χ3v) is 6.83. The van der Waals surface area contributed by atoms with E-state index in [-0.39, 0.29) is 0 Å². The molecule has 0 bridgehead atoms. The first-order valence-electron chi connectivity index (χ1n) is 11.0. The number of nitrogens with zero attached hydrogens (tertiary/aromatic N) is 4. The Labute approximate surface area is 212 Å². The quantitative estimate of drug-likeness (QED) is 0.371. The van der Waals surface area contributed by atoms with Crippen molar-refractivity contribution in [1.29, 1.82) is 0 Å². The van der Waals surface area contributed by atoms with Gasteiger partial charge in [-0.1, -0.05) is 23.2 Å². The van der Waals surface area contributed by atoms with Crippen LogP contribution in [0.15, 0.2) is 23.3 Å². The summed E-state index contributed by atoms with van der Waals surface area (Å²) in [6.07, 6.45) is 5.72. The molecule has 12 heteroatoms. The van der Waals surface area contributed by atoms with Gasteiger partial charge < -0.3 is 25.8 Å². The van der Waals surface area contributed by atoms with Crippen LogP contribution in [0.1, 0.15) is 24.1 Å². The van der Waals surface area contributed by atoms with E-state index in [1.54, 1.807) is 30.2 Å². The number of anilines is 3. The second kappa shape index (κ2) is 8.78. The van der Waals surface area contributed by atoms with Crippen LogP contribution in [0.25, 0.3) is 11.3 Å². The number of nitrogen functional groups attached to an aromatic ring is 1. The van der Waals surface area contributed by atoms with Crippen LogP contribution < -0.4 is 31.6 Å². The lowest BCUT2D eigenvalue weighted by molar-refractivity contribution is 0.395. The van der Waals surface area contributed by atoms with E-state index in [0.29, 0.717) is 61.6 Å². The van der Waals surface area contributed by atoms with Crippen LogP contribution in [0.5, 0.6) is 11.5 Å². The molecule has 3 heterocycles. The maximum atomic E-state index is 6.68. The van der Waals surface area contributed by atoms with Crippen LogP contribution in [0.4, 0.5) is 17.2 Å². The van der Waals surface area contributed by atoms with Crippen molar-refractivity contribution in [2.24, 2.45) is 23.7 Å². The van der Waals surface area contributed by atoms with E-state index in [4.69, 9.17) is 49.1 Å². The van der Waals surface area contributed by atoms with Gasteiger partial charge in [-0.25, -0.2) is 9.98 Å². The minimum absolute atomic E-state index is 0.328. The third kappa shape index (κ3) is 4.22. The van der Waals surface area contributed by atoms with Gasteiger partial charge in [0.15, 0.2) is 5.82 Å². The summed E-state index contributed by atoms with van der Waals surface area (Å²) in [6.45, 7) is 0.772. The van der Waals surface area contributed by atoms with Gasteiger partial charge in [-0.3, -0.25) is 10.4 Å². The molecule has 5 rings (SSSR count). The van der Waals surface area contributed by atoms with Gasteiger partial charge in [-0.15, -0.1) is 0 Å². The molecule has 1 aliphatic heterocycles. The Morgan fingerprint density at radius 3 is 2.46 bits per heavy atom. The molecule has 35 heavy (non-hydrogen) atoms. The fourth-order valence-corrected chi connectivity index (χ4v) is 4.74. The van der Waals surface area contributed by atoms with Crippen molar-refractivity contribution in [3.63, 3.8) is 0 Å². The Hall–Kier alpha value is -3.21. The lowest BCUT2D eigenvalue weighted by Crippen LogP contribution is -2.46. The first-order valence-corrected chi connectivity index (χ1v) is 11.8.